The first-order valence-electron chi connectivity index (χ1n) is 2.93. The van der Waals surface area contributed by atoms with Crippen molar-refractivity contribution in [3.63, 3.8) is 0 Å². The Balaban J connectivity index is 0.000000292. The number of nitrogens with one attached hydrogen (secondary N) is 2. The van der Waals surface area contributed by atoms with E-state index in [4.69, 9.17) is 25.0 Å². The number of rotatable bonds is 0. The Morgan fingerprint density at radius 3 is 1.93 bits per heavy atom. The first-order valence-corrected chi connectivity index (χ1v) is 4.49. The molecule has 0 aliphatic heterocycles. The molecule has 0 spiro atoms. The SMILES string of the molecule is Nc1nc(=O)[nH]c(=O)[nH]1.O=P(O)(O)O. The van der Waals surface area contributed by atoms with Gasteiger partial charge in [-0.3, -0.25) is 9.97 Å². The van der Waals surface area contributed by atoms with Gasteiger partial charge < -0.3 is 20.4 Å². The molecule has 0 saturated heterocycles. The molecule has 1 rings (SSSR count). The van der Waals surface area contributed by atoms with Gasteiger partial charge in [0.15, 0.2) is 0 Å². The third-order valence-corrected chi connectivity index (χ3v) is 0.684. The molecule has 11 heteroatoms. The van der Waals surface area contributed by atoms with Crippen molar-refractivity contribution in [1.82, 2.24) is 15.0 Å². The molecule has 0 aliphatic rings. The number of nitrogens with zero attached hydrogens (tertiary/aromatic N) is 1. The molecule has 10 nitrogen and oxygen atoms in total. The Morgan fingerprint density at radius 1 is 1.21 bits per heavy atom. The van der Waals surface area contributed by atoms with E-state index in [1.54, 1.807) is 0 Å². The first-order chi connectivity index (χ1) is 6.18. The monoisotopic (exact) mass is 226 g/mol. The second kappa shape index (κ2) is 4.67. The summed E-state index contributed by atoms with van der Waals surface area (Å²) in [5.74, 6) is -0.177. The van der Waals surface area contributed by atoms with Crippen LogP contribution >= 0.6 is 7.82 Å². The van der Waals surface area contributed by atoms with Crippen LogP contribution in [0.15, 0.2) is 9.59 Å². The topological polar surface area (TPSA) is 182 Å². The Morgan fingerprint density at radius 2 is 1.64 bits per heavy atom. The van der Waals surface area contributed by atoms with Gasteiger partial charge in [-0.05, 0) is 0 Å². The fourth-order valence-electron chi connectivity index (χ4n) is 0.410. The van der Waals surface area contributed by atoms with Gasteiger partial charge in [-0.2, -0.15) is 4.98 Å². The average Bonchev–Trinajstić information content (AvgIpc) is 1.77. The predicted octanol–water partition coefficient (Wildman–Crippen LogP) is -2.89. The number of nitrogen functional groups attached to an aromatic ring is 1. The molecule has 14 heavy (non-hydrogen) atoms. The lowest BCUT2D eigenvalue weighted by molar-refractivity contribution is 0.275. The maximum absolute atomic E-state index is 10.3. The normalized spacial score (nSPS) is 10.2. The van der Waals surface area contributed by atoms with Gasteiger partial charge in [0.1, 0.15) is 0 Å². The number of H-pyrrole nitrogens is 2. The molecule has 0 unspecified atom stereocenters. The van der Waals surface area contributed by atoms with Crippen molar-refractivity contribution >= 4 is 13.8 Å². The molecule has 80 valence electrons. The van der Waals surface area contributed by atoms with Gasteiger partial charge in [0.25, 0.3) is 0 Å². The second-order valence-corrected chi connectivity index (χ2v) is 2.92. The smallest absolute Gasteiger partial charge is 0.369 e. The molecule has 0 amide bonds. The van der Waals surface area contributed by atoms with Gasteiger partial charge in [-0.15, -0.1) is 0 Å². The quantitative estimate of drug-likeness (QED) is 0.254. The minimum absolute atomic E-state index is 0.177. The number of hydrogen-bond donors (Lipinski definition) is 6. The van der Waals surface area contributed by atoms with Gasteiger partial charge in [0.2, 0.25) is 5.95 Å². The average molecular weight is 226 g/mol. The largest absolute Gasteiger partial charge is 0.466 e. The van der Waals surface area contributed by atoms with E-state index >= 15 is 0 Å². The van der Waals surface area contributed by atoms with Crippen LogP contribution in [0.2, 0.25) is 0 Å². The Hall–Kier alpha value is -1.48. The highest BCUT2D eigenvalue weighted by molar-refractivity contribution is 7.45. The molecule has 1 heterocycles. The Labute approximate surface area is 75.7 Å². The fraction of sp³-hybridized carbons (Fsp3) is 0. The van der Waals surface area contributed by atoms with Crippen LogP contribution in [0.3, 0.4) is 0 Å². The zero-order valence-corrected chi connectivity index (χ0v) is 7.43. The predicted molar refractivity (Wildman–Crippen MR) is 44.2 cm³/mol. The second-order valence-electron chi connectivity index (χ2n) is 1.89. The van der Waals surface area contributed by atoms with Gasteiger partial charge in [0, 0.05) is 0 Å². The van der Waals surface area contributed by atoms with Crippen molar-refractivity contribution in [2.45, 2.75) is 0 Å². The van der Waals surface area contributed by atoms with Gasteiger partial charge in [-0.25, -0.2) is 14.2 Å². The van der Waals surface area contributed by atoms with E-state index in [2.05, 4.69) is 9.97 Å². The third-order valence-electron chi connectivity index (χ3n) is 0.684. The lowest BCUT2D eigenvalue weighted by Crippen LogP contribution is -2.25. The van der Waals surface area contributed by atoms with Crippen molar-refractivity contribution < 1.29 is 19.2 Å². The minimum atomic E-state index is -4.64. The summed E-state index contributed by atoms with van der Waals surface area (Å²) in [6.45, 7) is 0. The Bertz CT molecular complexity index is 406. The van der Waals surface area contributed by atoms with E-state index in [-0.39, 0.29) is 5.95 Å². The maximum atomic E-state index is 10.3. The third kappa shape index (κ3) is 8.62. The summed E-state index contributed by atoms with van der Waals surface area (Å²) < 4.78 is 8.88. The number of aromatic amines is 2. The molecule has 7 N–H and O–H groups in total. The number of anilines is 1. The summed E-state index contributed by atoms with van der Waals surface area (Å²) in [6, 6.07) is 0. The molecule has 0 atom stereocenters. The minimum Gasteiger partial charge on any atom is -0.369 e. The molecule has 1 aromatic rings. The standard InChI is InChI=1S/C3H4N4O2.H3O4P/c4-1-5-2(8)7-3(9)6-1;1-5(2,3)4/h(H4,4,5,6,7,8,9);(H3,1,2,3,4). The van der Waals surface area contributed by atoms with Crippen LogP contribution in [0.25, 0.3) is 0 Å². The lowest BCUT2D eigenvalue weighted by atomic mass is 10.9. The van der Waals surface area contributed by atoms with Crippen LogP contribution in [0.5, 0.6) is 0 Å². The van der Waals surface area contributed by atoms with Crippen LogP contribution in [-0.4, -0.2) is 29.6 Å². The molecule has 0 aromatic carbocycles. The van der Waals surface area contributed by atoms with E-state index in [1.807, 2.05) is 4.98 Å². The van der Waals surface area contributed by atoms with Crippen molar-refractivity contribution in [2.75, 3.05) is 5.73 Å². The van der Waals surface area contributed by atoms with Crippen LogP contribution in [0.4, 0.5) is 5.95 Å². The number of hydrogen-bond acceptors (Lipinski definition) is 5. The molecule has 0 aliphatic carbocycles. The number of aromatic nitrogens is 3. The van der Waals surface area contributed by atoms with Crippen LogP contribution < -0.4 is 17.1 Å². The molecule has 0 bridgehead atoms. The summed E-state index contributed by atoms with van der Waals surface area (Å²) in [5.41, 5.74) is 3.59. The van der Waals surface area contributed by atoms with Gasteiger partial charge >= 0.3 is 19.2 Å². The molecule has 0 fully saturated rings. The van der Waals surface area contributed by atoms with Crippen LogP contribution in [-0.2, 0) is 4.57 Å². The number of nitrogens with two attached hydrogens (primary N) is 1. The highest BCUT2D eigenvalue weighted by Gasteiger charge is 2.00. The molecular weight excluding hydrogens is 219 g/mol. The summed E-state index contributed by atoms with van der Waals surface area (Å²) in [5, 5.41) is 0. The van der Waals surface area contributed by atoms with Gasteiger partial charge in [0.05, 0.1) is 0 Å². The summed E-state index contributed by atoms with van der Waals surface area (Å²) in [6.07, 6.45) is 0. The zero-order chi connectivity index (χ0) is 11.4. The molecule has 0 saturated carbocycles. The van der Waals surface area contributed by atoms with E-state index < -0.39 is 19.2 Å². The zero-order valence-electron chi connectivity index (χ0n) is 6.54. The van der Waals surface area contributed by atoms with E-state index in [0.717, 1.165) is 0 Å². The van der Waals surface area contributed by atoms with Crippen molar-refractivity contribution in [3.05, 3.63) is 21.0 Å². The molecular formula is C3H7N4O6P. The maximum Gasteiger partial charge on any atom is 0.466 e. The van der Waals surface area contributed by atoms with Crippen molar-refractivity contribution in [1.29, 1.82) is 0 Å². The summed E-state index contributed by atoms with van der Waals surface area (Å²) in [4.78, 5) is 49.2. The van der Waals surface area contributed by atoms with Gasteiger partial charge in [-0.1, -0.05) is 0 Å². The van der Waals surface area contributed by atoms with E-state index in [9.17, 15) is 9.59 Å². The van der Waals surface area contributed by atoms with Crippen LogP contribution in [0.1, 0.15) is 0 Å². The summed E-state index contributed by atoms with van der Waals surface area (Å²) in [7, 11) is -4.64. The molecule has 0 radical (unpaired) electrons. The number of phosphoric acid groups is 1. The molecule has 1 aromatic heterocycles. The Kier molecular flexibility index (Phi) is 4.18. The fourth-order valence-corrected chi connectivity index (χ4v) is 0.410. The summed E-state index contributed by atoms with van der Waals surface area (Å²) >= 11 is 0. The lowest BCUT2D eigenvalue weighted by Gasteiger charge is -1.84. The first kappa shape index (κ1) is 12.5. The van der Waals surface area contributed by atoms with Crippen molar-refractivity contribution in [3.8, 4) is 0 Å². The highest BCUT2D eigenvalue weighted by atomic mass is 31.2. The van der Waals surface area contributed by atoms with Crippen LogP contribution in [0, 0.1) is 0 Å². The highest BCUT2D eigenvalue weighted by Crippen LogP contribution is 2.25. The van der Waals surface area contributed by atoms with Crippen molar-refractivity contribution in [2.24, 2.45) is 0 Å². The van der Waals surface area contributed by atoms with E-state index in [0.29, 0.717) is 0 Å². The van der Waals surface area contributed by atoms with E-state index in [1.165, 1.54) is 0 Å².